The number of likely N-dealkylation sites (tertiary alicyclic amines) is 1. The second-order valence-corrected chi connectivity index (χ2v) is 7.53. The first-order chi connectivity index (χ1) is 11.9. The van der Waals surface area contributed by atoms with Gasteiger partial charge in [-0.15, -0.1) is 0 Å². The number of carbonyl (C=O) groups excluding carboxylic acids is 2. The molecule has 1 aromatic rings. The van der Waals surface area contributed by atoms with E-state index in [-0.39, 0.29) is 35.4 Å². The number of alkyl halides is 1. The molecule has 4 rings (SSSR count). The molecule has 0 spiro atoms. The van der Waals surface area contributed by atoms with Gasteiger partial charge in [-0.2, -0.15) is 5.10 Å². The second kappa shape index (κ2) is 5.93. The van der Waals surface area contributed by atoms with Crippen LogP contribution in [0.4, 0.5) is 4.39 Å². The minimum Gasteiger partial charge on any atom is -0.347 e. The maximum absolute atomic E-state index is 12.8. The van der Waals surface area contributed by atoms with Crippen molar-refractivity contribution in [2.24, 2.45) is 17.8 Å². The maximum atomic E-state index is 12.8. The molecule has 7 nitrogen and oxygen atoms in total. The Bertz CT molecular complexity index is 761. The van der Waals surface area contributed by atoms with Gasteiger partial charge in [0.05, 0.1) is 0 Å². The summed E-state index contributed by atoms with van der Waals surface area (Å²) in [5.74, 6) is 0.294. The van der Waals surface area contributed by atoms with Crippen LogP contribution in [-0.2, 0) is 4.79 Å². The Balaban J connectivity index is 1.27. The molecule has 2 aliphatic carbocycles. The summed E-state index contributed by atoms with van der Waals surface area (Å²) >= 11 is 0. The van der Waals surface area contributed by atoms with E-state index in [0.717, 1.165) is 0 Å². The fourth-order valence-electron chi connectivity index (χ4n) is 4.02. The van der Waals surface area contributed by atoms with Crippen molar-refractivity contribution in [2.75, 3.05) is 13.1 Å². The van der Waals surface area contributed by atoms with Crippen molar-refractivity contribution >= 4 is 11.8 Å². The Morgan fingerprint density at radius 2 is 2.04 bits per heavy atom. The molecule has 1 aliphatic heterocycles. The van der Waals surface area contributed by atoms with Crippen LogP contribution in [0, 0.1) is 24.7 Å². The summed E-state index contributed by atoms with van der Waals surface area (Å²) in [6.45, 7) is 2.94. The van der Waals surface area contributed by atoms with Crippen LogP contribution in [0.2, 0.25) is 0 Å². The number of carbonyl (C=O) groups is 2. The van der Waals surface area contributed by atoms with E-state index in [1.54, 1.807) is 6.92 Å². The van der Waals surface area contributed by atoms with Crippen LogP contribution in [0.3, 0.4) is 0 Å². The van der Waals surface area contributed by atoms with Gasteiger partial charge in [0.2, 0.25) is 11.3 Å². The predicted octanol–water partition coefficient (Wildman–Crippen LogP) is 0.403. The number of aryl methyl sites for hydroxylation is 1. The van der Waals surface area contributed by atoms with E-state index in [0.29, 0.717) is 38.0 Å². The molecule has 25 heavy (non-hydrogen) atoms. The largest absolute Gasteiger partial charge is 0.347 e. The minimum atomic E-state index is -0.733. The molecular formula is C17H21FN4O3. The summed E-state index contributed by atoms with van der Waals surface area (Å²) in [7, 11) is 0. The molecule has 0 radical (unpaired) electrons. The number of aromatic amines is 1. The van der Waals surface area contributed by atoms with E-state index >= 15 is 0 Å². The summed E-state index contributed by atoms with van der Waals surface area (Å²) in [6, 6.07) is 1.34. The van der Waals surface area contributed by atoms with E-state index in [4.69, 9.17) is 0 Å². The highest BCUT2D eigenvalue weighted by Crippen LogP contribution is 2.46. The SMILES string of the molecule is Cc1cc(=O)c(C(=O)NC2[C@H]3CN(C(=O)CC4CC(F)C4)C[C@@H]23)n[nH]1. The Hall–Kier alpha value is -2.25. The first-order valence-corrected chi connectivity index (χ1v) is 8.71. The van der Waals surface area contributed by atoms with E-state index in [2.05, 4.69) is 15.5 Å². The third kappa shape index (κ3) is 3.05. The molecule has 2 saturated carbocycles. The van der Waals surface area contributed by atoms with Crippen LogP contribution < -0.4 is 10.7 Å². The van der Waals surface area contributed by atoms with E-state index < -0.39 is 17.5 Å². The zero-order valence-corrected chi connectivity index (χ0v) is 14.0. The Morgan fingerprint density at radius 3 is 2.64 bits per heavy atom. The molecule has 0 aromatic carbocycles. The standard InChI is InChI=1S/C17H21FN4O3/c1-8-2-13(23)16(21-20-8)17(25)19-15-11-6-22(7-12(11)15)14(24)5-9-3-10(18)4-9/h2,9-12,15H,3-7H2,1H3,(H,19,25)(H,20,23)/t9?,10?,11-,12+,15?. The van der Waals surface area contributed by atoms with Gasteiger partial charge < -0.3 is 10.2 Å². The van der Waals surface area contributed by atoms with Crippen LogP contribution in [0.15, 0.2) is 10.9 Å². The smallest absolute Gasteiger partial charge is 0.276 e. The molecule has 0 bridgehead atoms. The lowest BCUT2D eigenvalue weighted by molar-refractivity contribution is -0.132. The molecule has 1 saturated heterocycles. The number of hydrogen-bond acceptors (Lipinski definition) is 4. The lowest BCUT2D eigenvalue weighted by Gasteiger charge is -2.31. The molecule has 3 aliphatic rings. The van der Waals surface area contributed by atoms with Crippen LogP contribution in [0.25, 0.3) is 0 Å². The molecule has 1 unspecified atom stereocenters. The highest BCUT2D eigenvalue weighted by Gasteiger charge is 2.57. The quantitative estimate of drug-likeness (QED) is 0.824. The Labute approximate surface area is 144 Å². The lowest BCUT2D eigenvalue weighted by atomic mass is 9.81. The average molecular weight is 348 g/mol. The Morgan fingerprint density at radius 1 is 1.36 bits per heavy atom. The lowest BCUT2D eigenvalue weighted by Crippen LogP contribution is -2.40. The second-order valence-electron chi connectivity index (χ2n) is 7.53. The highest BCUT2D eigenvalue weighted by atomic mass is 19.1. The maximum Gasteiger partial charge on any atom is 0.276 e. The molecule has 8 heteroatoms. The summed E-state index contributed by atoms with van der Waals surface area (Å²) in [5, 5.41) is 9.29. The molecule has 2 N–H and O–H groups in total. The van der Waals surface area contributed by atoms with Gasteiger partial charge in [0.15, 0.2) is 5.69 Å². The van der Waals surface area contributed by atoms with Crippen molar-refractivity contribution in [3.8, 4) is 0 Å². The predicted molar refractivity (Wildman–Crippen MR) is 86.6 cm³/mol. The molecule has 134 valence electrons. The van der Waals surface area contributed by atoms with Crippen LogP contribution in [0.1, 0.15) is 35.4 Å². The normalized spacial score (nSPS) is 32.7. The van der Waals surface area contributed by atoms with Gasteiger partial charge in [0.1, 0.15) is 6.17 Å². The van der Waals surface area contributed by atoms with Crippen LogP contribution >= 0.6 is 0 Å². The van der Waals surface area contributed by atoms with Crippen molar-refractivity contribution in [3.63, 3.8) is 0 Å². The van der Waals surface area contributed by atoms with Crippen molar-refractivity contribution in [1.82, 2.24) is 20.4 Å². The van der Waals surface area contributed by atoms with Crippen LogP contribution in [-0.4, -0.2) is 52.2 Å². The topological polar surface area (TPSA) is 95.2 Å². The van der Waals surface area contributed by atoms with Gasteiger partial charge in [0, 0.05) is 49.1 Å². The number of nitrogens with one attached hydrogen (secondary N) is 2. The highest BCUT2D eigenvalue weighted by molar-refractivity contribution is 5.92. The van der Waals surface area contributed by atoms with E-state index in [9.17, 15) is 18.8 Å². The number of halogens is 1. The van der Waals surface area contributed by atoms with Gasteiger partial charge in [-0.3, -0.25) is 19.5 Å². The molecular weight excluding hydrogens is 327 g/mol. The summed E-state index contributed by atoms with van der Waals surface area (Å²) in [5.41, 5.74) is 0.0711. The number of rotatable bonds is 4. The number of hydrogen-bond donors (Lipinski definition) is 2. The zero-order chi connectivity index (χ0) is 17.7. The van der Waals surface area contributed by atoms with Crippen LogP contribution in [0.5, 0.6) is 0 Å². The molecule has 2 amide bonds. The summed E-state index contributed by atoms with van der Waals surface area (Å²) in [4.78, 5) is 38.0. The van der Waals surface area contributed by atoms with E-state index in [1.165, 1.54) is 6.07 Å². The number of H-pyrrole nitrogens is 1. The van der Waals surface area contributed by atoms with Gasteiger partial charge in [0.25, 0.3) is 5.91 Å². The van der Waals surface area contributed by atoms with Crippen molar-refractivity contribution in [3.05, 3.63) is 27.7 Å². The fourth-order valence-corrected chi connectivity index (χ4v) is 4.02. The third-order valence-corrected chi connectivity index (χ3v) is 5.63. The number of piperidine rings is 1. The van der Waals surface area contributed by atoms with E-state index in [1.807, 2.05) is 4.90 Å². The zero-order valence-electron chi connectivity index (χ0n) is 14.0. The van der Waals surface area contributed by atoms with Crippen molar-refractivity contribution in [1.29, 1.82) is 0 Å². The molecule has 1 aromatic heterocycles. The molecule has 3 atom stereocenters. The number of aromatic nitrogens is 2. The van der Waals surface area contributed by atoms with Gasteiger partial charge in [-0.25, -0.2) is 4.39 Å². The first kappa shape index (κ1) is 16.2. The monoisotopic (exact) mass is 348 g/mol. The summed E-state index contributed by atoms with van der Waals surface area (Å²) in [6.07, 6.45) is 0.703. The van der Waals surface area contributed by atoms with Crippen molar-refractivity contribution in [2.45, 2.75) is 38.4 Å². The first-order valence-electron chi connectivity index (χ1n) is 8.71. The number of fused-ring (bicyclic) bond motifs is 1. The fraction of sp³-hybridized carbons (Fsp3) is 0.647. The Kier molecular flexibility index (Phi) is 3.85. The molecule has 3 fully saturated rings. The van der Waals surface area contributed by atoms with Gasteiger partial charge in [-0.05, 0) is 25.7 Å². The van der Waals surface area contributed by atoms with Gasteiger partial charge >= 0.3 is 0 Å². The van der Waals surface area contributed by atoms with Crippen molar-refractivity contribution < 1.29 is 14.0 Å². The van der Waals surface area contributed by atoms with Gasteiger partial charge in [-0.1, -0.05) is 0 Å². The minimum absolute atomic E-state index is 0.00187. The number of nitrogens with zero attached hydrogens (tertiary/aromatic N) is 2. The average Bonchev–Trinajstić information content (AvgIpc) is 2.96. The number of amides is 2. The summed E-state index contributed by atoms with van der Waals surface area (Å²) < 4.78 is 12.8. The third-order valence-electron chi connectivity index (χ3n) is 5.63. The molecule has 2 heterocycles.